The highest BCUT2D eigenvalue weighted by Crippen LogP contribution is 2.22. The number of hydrogen-bond donors (Lipinski definition) is 1. The molecule has 0 aliphatic carbocycles. The molecule has 5 rings (SSSR count). The molecule has 1 atom stereocenters. The van der Waals surface area contributed by atoms with Crippen molar-refractivity contribution >= 4 is 28.0 Å². The number of imidazole rings is 1. The summed E-state index contributed by atoms with van der Waals surface area (Å²) in [4.78, 5) is 43.1. The summed E-state index contributed by atoms with van der Waals surface area (Å²) < 4.78 is 4.44. The topological polar surface area (TPSA) is 118 Å². The molecule has 0 bridgehead atoms. The normalized spacial score (nSPS) is 16.0. The highest BCUT2D eigenvalue weighted by atomic mass is 16.2. The molecule has 1 aliphatic heterocycles. The predicted octanol–water partition coefficient (Wildman–Crippen LogP) is 0.431. The lowest BCUT2D eigenvalue weighted by Gasteiger charge is -2.29. The SMILES string of the molecule is CC#CCn1c(N2CCCC([NH3+])C2)nc2c1c(=O)n(Cc1nc(C)c3ccccc3n1)c(=O)n2C. The quantitative estimate of drug-likeness (QED) is 0.430. The summed E-state index contributed by atoms with van der Waals surface area (Å²) in [5, 5.41) is 0.943. The van der Waals surface area contributed by atoms with Gasteiger partial charge >= 0.3 is 5.69 Å². The van der Waals surface area contributed by atoms with Gasteiger partial charge in [-0.1, -0.05) is 24.1 Å². The average molecular weight is 474 g/mol. The van der Waals surface area contributed by atoms with E-state index in [0.29, 0.717) is 29.5 Å². The highest BCUT2D eigenvalue weighted by Gasteiger charge is 2.27. The van der Waals surface area contributed by atoms with Gasteiger partial charge in [0.2, 0.25) is 5.95 Å². The zero-order valence-corrected chi connectivity index (χ0v) is 20.3. The first-order valence-corrected chi connectivity index (χ1v) is 11.8. The van der Waals surface area contributed by atoms with Crippen LogP contribution in [0, 0.1) is 18.8 Å². The van der Waals surface area contributed by atoms with Crippen LogP contribution in [0.1, 0.15) is 31.3 Å². The second-order valence-electron chi connectivity index (χ2n) is 9.03. The highest BCUT2D eigenvalue weighted by molar-refractivity contribution is 5.80. The summed E-state index contributed by atoms with van der Waals surface area (Å²) in [6.07, 6.45) is 2.06. The average Bonchev–Trinajstić information content (AvgIpc) is 3.24. The Labute approximate surface area is 202 Å². The van der Waals surface area contributed by atoms with Crippen LogP contribution < -0.4 is 21.9 Å². The van der Waals surface area contributed by atoms with E-state index in [2.05, 4.69) is 32.4 Å². The number of para-hydroxylation sites is 1. The van der Waals surface area contributed by atoms with Gasteiger partial charge in [0.25, 0.3) is 5.56 Å². The number of fused-ring (bicyclic) bond motifs is 2. The smallest absolute Gasteiger partial charge is 0.332 e. The van der Waals surface area contributed by atoms with Crippen molar-refractivity contribution in [2.75, 3.05) is 18.0 Å². The molecule has 0 saturated carbocycles. The van der Waals surface area contributed by atoms with Crippen molar-refractivity contribution in [1.82, 2.24) is 28.7 Å². The summed E-state index contributed by atoms with van der Waals surface area (Å²) >= 11 is 0. The van der Waals surface area contributed by atoms with Gasteiger partial charge < -0.3 is 10.6 Å². The van der Waals surface area contributed by atoms with E-state index in [1.54, 1.807) is 14.0 Å². The number of quaternary nitrogens is 1. The lowest BCUT2D eigenvalue weighted by Crippen LogP contribution is -2.67. The Morgan fingerprint density at radius 2 is 1.94 bits per heavy atom. The lowest BCUT2D eigenvalue weighted by molar-refractivity contribution is -0.419. The Morgan fingerprint density at radius 1 is 1.14 bits per heavy atom. The number of piperidine rings is 1. The van der Waals surface area contributed by atoms with Crippen LogP contribution in [0.25, 0.3) is 22.1 Å². The molecule has 1 fully saturated rings. The molecule has 1 aromatic carbocycles. The third-order valence-electron chi connectivity index (χ3n) is 6.57. The van der Waals surface area contributed by atoms with Crippen LogP contribution in [0.2, 0.25) is 0 Å². The van der Waals surface area contributed by atoms with Crippen LogP contribution in [0.15, 0.2) is 33.9 Å². The van der Waals surface area contributed by atoms with Crippen LogP contribution in [-0.4, -0.2) is 47.8 Å². The van der Waals surface area contributed by atoms with Crippen molar-refractivity contribution in [2.45, 2.75) is 45.8 Å². The molecule has 4 aromatic rings. The van der Waals surface area contributed by atoms with Crippen LogP contribution >= 0.6 is 0 Å². The number of anilines is 1. The van der Waals surface area contributed by atoms with Gasteiger partial charge in [-0.25, -0.2) is 14.8 Å². The molecule has 1 aliphatic rings. The van der Waals surface area contributed by atoms with E-state index in [4.69, 9.17) is 4.98 Å². The van der Waals surface area contributed by atoms with Crippen molar-refractivity contribution in [2.24, 2.45) is 7.05 Å². The van der Waals surface area contributed by atoms with E-state index in [1.165, 1.54) is 9.13 Å². The standard InChI is InChI=1S/C25H28N8O2/c1-4-5-13-32-21-22(29-24(32)31-12-8-9-17(26)14-31)30(3)25(35)33(23(21)34)15-20-27-16(2)18-10-6-7-11-19(18)28-20/h6-7,10-11,17H,8-9,12-15,26H2,1-3H3/p+1. The minimum absolute atomic E-state index is 0.0300. The molecule has 180 valence electrons. The van der Waals surface area contributed by atoms with Gasteiger partial charge in [-0.15, -0.1) is 5.92 Å². The van der Waals surface area contributed by atoms with Crippen molar-refractivity contribution in [3.8, 4) is 11.8 Å². The Bertz CT molecular complexity index is 1620. The lowest BCUT2D eigenvalue weighted by atomic mass is 10.1. The fourth-order valence-corrected chi connectivity index (χ4v) is 4.80. The van der Waals surface area contributed by atoms with Crippen molar-refractivity contribution in [3.05, 3.63) is 56.6 Å². The number of nitrogens with zero attached hydrogens (tertiary/aromatic N) is 7. The van der Waals surface area contributed by atoms with Gasteiger partial charge in [0, 0.05) is 31.1 Å². The molecule has 0 radical (unpaired) electrons. The Morgan fingerprint density at radius 3 is 2.71 bits per heavy atom. The molecule has 35 heavy (non-hydrogen) atoms. The molecule has 0 amide bonds. The molecule has 10 nitrogen and oxygen atoms in total. The molecule has 1 saturated heterocycles. The fourth-order valence-electron chi connectivity index (χ4n) is 4.80. The first-order chi connectivity index (χ1) is 16.9. The second-order valence-corrected chi connectivity index (χ2v) is 9.03. The van der Waals surface area contributed by atoms with E-state index in [1.807, 2.05) is 35.8 Å². The maximum absolute atomic E-state index is 13.8. The van der Waals surface area contributed by atoms with Crippen LogP contribution in [0.3, 0.4) is 0 Å². The minimum atomic E-state index is -0.455. The van der Waals surface area contributed by atoms with Gasteiger partial charge in [0.05, 0.1) is 25.2 Å². The summed E-state index contributed by atoms with van der Waals surface area (Å²) in [6.45, 7) is 5.50. The zero-order chi connectivity index (χ0) is 24.7. The van der Waals surface area contributed by atoms with E-state index >= 15 is 0 Å². The fraction of sp³-hybridized carbons (Fsp3) is 0.400. The summed E-state index contributed by atoms with van der Waals surface area (Å²) in [5.74, 6) is 7.03. The third kappa shape index (κ3) is 3.98. The van der Waals surface area contributed by atoms with Crippen LogP contribution in [-0.2, 0) is 20.1 Å². The number of hydrogen-bond acceptors (Lipinski definition) is 6. The summed E-state index contributed by atoms with van der Waals surface area (Å²) in [5.41, 5.74) is 5.63. The molecule has 3 N–H and O–H groups in total. The largest absolute Gasteiger partial charge is 0.354 e. The number of benzene rings is 1. The van der Waals surface area contributed by atoms with Crippen LogP contribution in [0.5, 0.6) is 0 Å². The molecule has 0 spiro atoms. The maximum Gasteiger partial charge on any atom is 0.332 e. The van der Waals surface area contributed by atoms with Gasteiger partial charge in [-0.2, -0.15) is 4.98 Å². The van der Waals surface area contributed by atoms with Crippen LogP contribution in [0.4, 0.5) is 5.95 Å². The second kappa shape index (κ2) is 9.00. The Hall–Kier alpha value is -3.97. The van der Waals surface area contributed by atoms with E-state index in [-0.39, 0.29) is 12.6 Å². The van der Waals surface area contributed by atoms with Crippen molar-refractivity contribution in [1.29, 1.82) is 0 Å². The number of aryl methyl sites for hydroxylation is 2. The molecule has 3 aromatic heterocycles. The number of aromatic nitrogens is 6. The van der Waals surface area contributed by atoms with Crippen molar-refractivity contribution in [3.63, 3.8) is 0 Å². The Kier molecular flexibility index (Phi) is 5.86. The zero-order valence-electron chi connectivity index (χ0n) is 20.3. The van der Waals surface area contributed by atoms with E-state index < -0.39 is 11.2 Å². The van der Waals surface area contributed by atoms with Crippen molar-refractivity contribution < 1.29 is 5.73 Å². The first-order valence-electron chi connectivity index (χ1n) is 11.8. The van der Waals surface area contributed by atoms with Gasteiger partial charge in [0.1, 0.15) is 11.9 Å². The maximum atomic E-state index is 13.8. The molecule has 4 heterocycles. The van der Waals surface area contributed by atoms with Gasteiger partial charge in [-0.05, 0) is 26.3 Å². The minimum Gasteiger partial charge on any atom is -0.354 e. The summed E-state index contributed by atoms with van der Waals surface area (Å²) in [7, 11) is 1.64. The monoisotopic (exact) mass is 473 g/mol. The first kappa shape index (κ1) is 22.8. The molecular formula is C25H29N8O2+. The molecule has 10 heteroatoms. The van der Waals surface area contributed by atoms with E-state index in [0.717, 1.165) is 42.5 Å². The molecular weight excluding hydrogens is 444 g/mol. The number of rotatable bonds is 4. The summed E-state index contributed by atoms with van der Waals surface area (Å²) in [6, 6.07) is 7.97. The van der Waals surface area contributed by atoms with Gasteiger partial charge in [0.15, 0.2) is 11.2 Å². The predicted molar refractivity (Wildman–Crippen MR) is 134 cm³/mol. The Balaban J connectivity index is 1.69. The molecule has 1 unspecified atom stereocenters. The van der Waals surface area contributed by atoms with Gasteiger partial charge in [-0.3, -0.25) is 18.5 Å². The third-order valence-corrected chi connectivity index (χ3v) is 6.57. The van der Waals surface area contributed by atoms with E-state index in [9.17, 15) is 9.59 Å².